The highest BCUT2D eigenvalue weighted by Crippen LogP contribution is 2.38. The lowest BCUT2D eigenvalue weighted by atomic mass is 9.85. The largest absolute Gasteiger partial charge is 0.351 e. The van der Waals surface area contributed by atoms with Gasteiger partial charge >= 0.3 is 0 Å². The van der Waals surface area contributed by atoms with Crippen LogP contribution < -0.4 is 5.32 Å². The van der Waals surface area contributed by atoms with Gasteiger partial charge in [0.1, 0.15) is 0 Å². The summed E-state index contributed by atoms with van der Waals surface area (Å²) >= 11 is 7.61. The monoisotopic (exact) mass is 455 g/mol. The number of nitrogens with one attached hydrogen (secondary N) is 1. The molecule has 0 spiro atoms. The molecular weight excluding hydrogens is 430 g/mol. The van der Waals surface area contributed by atoms with Crippen LogP contribution in [0, 0.1) is 5.92 Å². The molecule has 0 radical (unpaired) electrons. The Balaban J connectivity index is 1.49. The average Bonchev–Trinajstić information content (AvgIpc) is 3.22. The first-order valence-electron chi connectivity index (χ1n) is 10.6. The van der Waals surface area contributed by atoms with Crippen LogP contribution in [0.15, 0.2) is 53.9 Å². The highest BCUT2D eigenvalue weighted by molar-refractivity contribution is 7.99. The highest BCUT2D eigenvalue weighted by atomic mass is 35.5. The van der Waals surface area contributed by atoms with Crippen LogP contribution in [0.2, 0.25) is 5.02 Å². The van der Waals surface area contributed by atoms with Crippen LogP contribution in [0.5, 0.6) is 0 Å². The highest BCUT2D eigenvalue weighted by Gasteiger charge is 2.29. The minimum Gasteiger partial charge on any atom is -0.351 e. The molecule has 6 nitrogen and oxygen atoms in total. The number of aromatic nitrogens is 4. The van der Waals surface area contributed by atoms with Gasteiger partial charge < -0.3 is 5.32 Å². The molecule has 1 aromatic carbocycles. The molecule has 4 rings (SSSR count). The second-order valence-electron chi connectivity index (χ2n) is 7.90. The molecule has 162 valence electrons. The Morgan fingerprint density at radius 3 is 2.81 bits per heavy atom. The molecule has 0 unspecified atom stereocenters. The number of hydrogen-bond donors (Lipinski definition) is 1. The first-order chi connectivity index (χ1) is 15.1. The lowest BCUT2D eigenvalue weighted by molar-refractivity contribution is -0.118. The number of carbonyl (C=O) groups is 1. The van der Waals surface area contributed by atoms with Crippen LogP contribution in [-0.4, -0.2) is 31.4 Å². The molecule has 2 atom stereocenters. The fourth-order valence-electron chi connectivity index (χ4n) is 4.06. The predicted molar refractivity (Wildman–Crippen MR) is 124 cm³/mol. The predicted octanol–water partition coefficient (Wildman–Crippen LogP) is 5.15. The second kappa shape index (κ2) is 10.3. The van der Waals surface area contributed by atoms with E-state index in [1.165, 1.54) is 31.0 Å². The summed E-state index contributed by atoms with van der Waals surface area (Å²) in [6.07, 6.45) is 8.32. The molecule has 2 aromatic heterocycles. The molecular formula is C23H26ClN5OS. The molecule has 31 heavy (non-hydrogen) atoms. The third-order valence-electron chi connectivity index (χ3n) is 5.75. The van der Waals surface area contributed by atoms with Gasteiger partial charge in [-0.2, -0.15) is 0 Å². The van der Waals surface area contributed by atoms with E-state index in [2.05, 4.69) is 32.0 Å². The molecule has 1 aliphatic rings. The number of nitrogens with zero attached hydrogens (tertiary/aromatic N) is 4. The van der Waals surface area contributed by atoms with Crippen LogP contribution in [0.3, 0.4) is 0 Å². The minimum atomic E-state index is -0.0564. The number of benzene rings is 1. The van der Waals surface area contributed by atoms with Gasteiger partial charge in [-0.15, -0.1) is 10.2 Å². The lowest BCUT2D eigenvalue weighted by Gasteiger charge is -2.31. The Morgan fingerprint density at radius 1 is 1.19 bits per heavy atom. The second-order valence-corrected chi connectivity index (χ2v) is 9.25. The zero-order valence-electron chi connectivity index (χ0n) is 17.5. The van der Waals surface area contributed by atoms with E-state index in [4.69, 9.17) is 11.6 Å². The third-order valence-corrected chi connectivity index (χ3v) is 7.06. The fraction of sp³-hybridized carbons (Fsp3) is 0.391. The van der Waals surface area contributed by atoms with Crippen molar-refractivity contribution in [3.8, 4) is 11.4 Å². The lowest BCUT2D eigenvalue weighted by Crippen LogP contribution is -2.26. The molecule has 1 fully saturated rings. The fourth-order valence-corrected chi connectivity index (χ4v) is 5.09. The van der Waals surface area contributed by atoms with Gasteiger partial charge in [0.25, 0.3) is 0 Å². The maximum absolute atomic E-state index is 12.5. The average molecular weight is 456 g/mol. The van der Waals surface area contributed by atoms with Crippen molar-refractivity contribution in [3.05, 3.63) is 59.4 Å². The first-order valence-corrected chi connectivity index (χ1v) is 12.0. The molecule has 2 heterocycles. The zero-order chi connectivity index (χ0) is 21.6. The van der Waals surface area contributed by atoms with E-state index in [0.717, 1.165) is 28.5 Å². The molecule has 3 aromatic rings. The number of rotatable bonds is 7. The smallest absolute Gasteiger partial charge is 0.230 e. The third kappa shape index (κ3) is 5.28. The summed E-state index contributed by atoms with van der Waals surface area (Å²) in [6.45, 7) is 2.70. The summed E-state index contributed by atoms with van der Waals surface area (Å²) in [5.41, 5.74) is 1.85. The van der Waals surface area contributed by atoms with Crippen molar-refractivity contribution in [3.63, 3.8) is 0 Å². The summed E-state index contributed by atoms with van der Waals surface area (Å²) in [5, 5.41) is 13.3. The zero-order valence-corrected chi connectivity index (χ0v) is 19.1. The quantitative estimate of drug-likeness (QED) is 0.498. The van der Waals surface area contributed by atoms with Gasteiger partial charge in [0, 0.05) is 35.6 Å². The van der Waals surface area contributed by atoms with Crippen LogP contribution in [0.25, 0.3) is 11.4 Å². The minimum absolute atomic E-state index is 0.0564. The summed E-state index contributed by atoms with van der Waals surface area (Å²) in [4.78, 5) is 16.7. The number of hydrogen-bond acceptors (Lipinski definition) is 5. The van der Waals surface area contributed by atoms with Gasteiger partial charge in [0.2, 0.25) is 5.91 Å². The van der Waals surface area contributed by atoms with Crippen molar-refractivity contribution in [2.24, 2.45) is 5.92 Å². The van der Waals surface area contributed by atoms with Gasteiger partial charge in [-0.25, -0.2) is 0 Å². The number of carbonyl (C=O) groups excluding carboxylic acids is 1. The maximum atomic E-state index is 12.5. The van der Waals surface area contributed by atoms with E-state index in [0.29, 0.717) is 23.5 Å². The Morgan fingerprint density at radius 2 is 2.03 bits per heavy atom. The molecule has 1 saturated carbocycles. The summed E-state index contributed by atoms with van der Waals surface area (Å²) in [5.74, 6) is 1.58. The van der Waals surface area contributed by atoms with E-state index in [-0.39, 0.29) is 11.7 Å². The molecule has 0 saturated heterocycles. The van der Waals surface area contributed by atoms with Gasteiger partial charge in [0.05, 0.1) is 5.75 Å². The molecule has 0 bridgehead atoms. The Bertz CT molecular complexity index is 1030. The van der Waals surface area contributed by atoms with Crippen molar-refractivity contribution in [1.82, 2.24) is 25.1 Å². The van der Waals surface area contributed by atoms with E-state index in [9.17, 15) is 4.79 Å². The van der Waals surface area contributed by atoms with Gasteiger partial charge in [-0.3, -0.25) is 14.3 Å². The molecule has 1 N–H and O–H groups in total. The van der Waals surface area contributed by atoms with E-state index in [1.807, 2.05) is 42.6 Å². The normalized spacial score (nSPS) is 18.6. The van der Waals surface area contributed by atoms with E-state index < -0.39 is 0 Å². The van der Waals surface area contributed by atoms with Crippen molar-refractivity contribution in [2.75, 3.05) is 5.75 Å². The van der Waals surface area contributed by atoms with E-state index in [1.54, 1.807) is 6.20 Å². The molecule has 1 aliphatic carbocycles. The number of halogens is 1. The van der Waals surface area contributed by atoms with Crippen molar-refractivity contribution >= 4 is 29.3 Å². The molecule has 8 heteroatoms. The van der Waals surface area contributed by atoms with Crippen LogP contribution in [-0.2, 0) is 11.3 Å². The first kappa shape index (κ1) is 21.8. The number of amides is 1. The molecule has 0 aliphatic heterocycles. The van der Waals surface area contributed by atoms with Crippen molar-refractivity contribution < 1.29 is 4.79 Å². The Kier molecular flexibility index (Phi) is 7.25. The topological polar surface area (TPSA) is 72.7 Å². The van der Waals surface area contributed by atoms with Gasteiger partial charge in [-0.05, 0) is 42.5 Å². The Hall–Kier alpha value is -2.38. The molecule has 1 amide bonds. The summed E-state index contributed by atoms with van der Waals surface area (Å²) in [6, 6.07) is 11.8. The Labute approximate surface area is 191 Å². The van der Waals surface area contributed by atoms with Crippen LogP contribution in [0.4, 0.5) is 0 Å². The van der Waals surface area contributed by atoms with Gasteiger partial charge in [0.15, 0.2) is 11.0 Å². The number of thioether (sulfide) groups is 1. The SMILES string of the molecule is C[C@@H]1CCCC[C@H]1n1c(SCC(=O)NCc2ccccc2Cl)nnc1-c1cccnc1. The van der Waals surface area contributed by atoms with Gasteiger partial charge in [-0.1, -0.05) is 61.3 Å². The number of pyridine rings is 1. The standard InChI is InChI=1S/C23H26ClN5OS/c1-16-7-2-5-11-20(16)29-22(18-9-6-12-25-13-18)27-28-23(29)31-15-21(30)26-14-17-8-3-4-10-19(17)24/h3-4,6,8-10,12-13,16,20H,2,5,7,11,14-15H2,1H3,(H,26,30)/t16-,20-/m1/s1. The van der Waals surface area contributed by atoms with Crippen LogP contribution >= 0.6 is 23.4 Å². The van der Waals surface area contributed by atoms with Crippen LogP contribution in [0.1, 0.15) is 44.2 Å². The maximum Gasteiger partial charge on any atom is 0.230 e. The summed E-state index contributed by atoms with van der Waals surface area (Å²) in [7, 11) is 0. The van der Waals surface area contributed by atoms with E-state index >= 15 is 0 Å². The summed E-state index contributed by atoms with van der Waals surface area (Å²) < 4.78 is 2.23. The van der Waals surface area contributed by atoms with Crippen molar-refractivity contribution in [1.29, 1.82) is 0 Å². The van der Waals surface area contributed by atoms with Crippen molar-refractivity contribution in [2.45, 2.75) is 50.4 Å².